The molecule has 2 atom stereocenters. The summed E-state index contributed by atoms with van der Waals surface area (Å²) in [6, 6.07) is 19.8. The fraction of sp³-hybridized carbons (Fsp3) is 0.500. The highest BCUT2D eigenvalue weighted by molar-refractivity contribution is 5.70. The summed E-state index contributed by atoms with van der Waals surface area (Å²) in [5.74, 6) is -0.236. The van der Waals surface area contributed by atoms with Crippen molar-refractivity contribution in [2.24, 2.45) is 0 Å². The molecule has 0 aliphatic heterocycles. The van der Waals surface area contributed by atoms with Crippen LogP contribution in [0.3, 0.4) is 0 Å². The zero-order valence-electron chi connectivity index (χ0n) is 19.6. The standard InChI is InChI=1S/C28H38O4/c1-3-25(23-17-11-9-12-18-23)31-27(29)21-15-7-5-6-8-16-22-28(30)32-26(4-2)24-19-13-10-14-20-24/h9-14,17-20,25-26H,3-8,15-16,21-22H2,1-2H3. The van der Waals surface area contributed by atoms with E-state index in [-0.39, 0.29) is 24.1 Å². The predicted octanol–water partition coefficient (Wildman–Crippen LogP) is 7.50. The van der Waals surface area contributed by atoms with Crippen LogP contribution >= 0.6 is 0 Å². The topological polar surface area (TPSA) is 52.6 Å². The minimum atomic E-state index is -0.155. The maximum absolute atomic E-state index is 12.1. The Bertz CT molecular complexity index is 705. The van der Waals surface area contributed by atoms with Gasteiger partial charge in [-0.15, -0.1) is 0 Å². The van der Waals surface area contributed by atoms with Gasteiger partial charge < -0.3 is 9.47 Å². The number of carbonyl (C=O) groups excluding carboxylic acids is 2. The summed E-state index contributed by atoms with van der Waals surface area (Å²) < 4.78 is 11.3. The molecule has 32 heavy (non-hydrogen) atoms. The molecule has 4 nitrogen and oxygen atoms in total. The minimum Gasteiger partial charge on any atom is -0.457 e. The number of ether oxygens (including phenoxy) is 2. The van der Waals surface area contributed by atoms with Gasteiger partial charge in [0.1, 0.15) is 12.2 Å². The SMILES string of the molecule is CCC(OC(=O)CCCCCCCCC(=O)OC(CC)c1ccccc1)c1ccccc1. The molecule has 4 heteroatoms. The van der Waals surface area contributed by atoms with Crippen LogP contribution in [0, 0.1) is 0 Å². The Morgan fingerprint density at radius 3 is 1.28 bits per heavy atom. The van der Waals surface area contributed by atoms with Crippen molar-refractivity contribution < 1.29 is 19.1 Å². The molecule has 0 saturated heterocycles. The number of hydrogen-bond donors (Lipinski definition) is 0. The van der Waals surface area contributed by atoms with E-state index in [1.165, 1.54) is 0 Å². The third-order valence-corrected chi connectivity index (χ3v) is 5.64. The van der Waals surface area contributed by atoms with E-state index >= 15 is 0 Å². The second-order valence-corrected chi connectivity index (χ2v) is 8.22. The van der Waals surface area contributed by atoms with Crippen molar-refractivity contribution in [1.82, 2.24) is 0 Å². The molecule has 0 heterocycles. The van der Waals surface area contributed by atoms with Gasteiger partial charge in [0.15, 0.2) is 0 Å². The molecular formula is C28H38O4. The Balaban J connectivity index is 1.51. The van der Waals surface area contributed by atoms with Crippen molar-refractivity contribution in [3.8, 4) is 0 Å². The van der Waals surface area contributed by atoms with E-state index in [9.17, 15) is 9.59 Å². The zero-order chi connectivity index (χ0) is 23.0. The Kier molecular flexibility index (Phi) is 12.2. The maximum Gasteiger partial charge on any atom is 0.306 e. The molecule has 0 aliphatic carbocycles. The summed E-state index contributed by atoms with van der Waals surface area (Å²) in [4.78, 5) is 24.3. The molecule has 0 amide bonds. The number of unbranched alkanes of at least 4 members (excludes halogenated alkanes) is 5. The zero-order valence-corrected chi connectivity index (χ0v) is 19.6. The van der Waals surface area contributed by atoms with Crippen molar-refractivity contribution in [3.05, 3.63) is 71.8 Å². The second kappa shape index (κ2) is 15.2. The molecule has 2 aromatic rings. The lowest BCUT2D eigenvalue weighted by atomic mass is 10.1. The fourth-order valence-electron chi connectivity index (χ4n) is 3.79. The molecule has 0 fully saturated rings. The number of rotatable bonds is 15. The van der Waals surface area contributed by atoms with Crippen molar-refractivity contribution in [2.75, 3.05) is 0 Å². The van der Waals surface area contributed by atoms with Crippen LogP contribution in [0.5, 0.6) is 0 Å². The van der Waals surface area contributed by atoms with Crippen molar-refractivity contribution >= 4 is 11.9 Å². The highest BCUT2D eigenvalue weighted by atomic mass is 16.5. The summed E-state index contributed by atoms with van der Waals surface area (Å²) in [7, 11) is 0. The molecule has 0 N–H and O–H groups in total. The van der Waals surface area contributed by atoms with Gasteiger partial charge in [-0.2, -0.15) is 0 Å². The van der Waals surface area contributed by atoms with Gasteiger partial charge in [0, 0.05) is 12.8 Å². The summed E-state index contributed by atoms with van der Waals surface area (Å²) in [5, 5.41) is 0. The minimum absolute atomic E-state index is 0.118. The molecule has 2 rings (SSSR count). The first kappa shape index (κ1) is 25.6. The van der Waals surface area contributed by atoms with Crippen LogP contribution in [0.25, 0.3) is 0 Å². The van der Waals surface area contributed by atoms with Crippen molar-refractivity contribution in [2.45, 2.75) is 90.3 Å². The number of esters is 2. The lowest BCUT2D eigenvalue weighted by molar-refractivity contribution is -0.150. The number of hydrogen-bond acceptors (Lipinski definition) is 4. The molecule has 174 valence electrons. The Hall–Kier alpha value is -2.62. The largest absolute Gasteiger partial charge is 0.457 e. The fourth-order valence-corrected chi connectivity index (χ4v) is 3.79. The molecule has 2 aromatic carbocycles. The van der Waals surface area contributed by atoms with Crippen LogP contribution in [0.1, 0.15) is 101 Å². The highest BCUT2D eigenvalue weighted by Gasteiger charge is 2.15. The van der Waals surface area contributed by atoms with Crippen LogP contribution in [-0.2, 0) is 19.1 Å². The van der Waals surface area contributed by atoms with E-state index in [0.717, 1.165) is 62.5 Å². The highest BCUT2D eigenvalue weighted by Crippen LogP contribution is 2.23. The summed E-state index contributed by atoms with van der Waals surface area (Å²) in [5.41, 5.74) is 2.10. The van der Waals surface area contributed by atoms with E-state index in [2.05, 4.69) is 0 Å². The molecule has 0 aromatic heterocycles. The maximum atomic E-state index is 12.1. The molecule has 0 aliphatic rings. The third kappa shape index (κ3) is 9.67. The molecule has 0 saturated carbocycles. The van der Waals surface area contributed by atoms with E-state index in [1.54, 1.807) is 0 Å². The van der Waals surface area contributed by atoms with Crippen LogP contribution in [0.15, 0.2) is 60.7 Å². The monoisotopic (exact) mass is 438 g/mol. The van der Waals surface area contributed by atoms with Gasteiger partial charge >= 0.3 is 11.9 Å². The average Bonchev–Trinajstić information content (AvgIpc) is 2.83. The van der Waals surface area contributed by atoms with Gasteiger partial charge in [-0.05, 0) is 36.8 Å². The van der Waals surface area contributed by atoms with E-state index in [0.29, 0.717) is 12.8 Å². The van der Waals surface area contributed by atoms with Gasteiger partial charge in [-0.3, -0.25) is 9.59 Å². The van der Waals surface area contributed by atoms with Crippen molar-refractivity contribution in [3.63, 3.8) is 0 Å². The van der Waals surface area contributed by atoms with Crippen LogP contribution in [-0.4, -0.2) is 11.9 Å². The Labute approximate surface area is 193 Å². The third-order valence-electron chi connectivity index (χ3n) is 5.64. The predicted molar refractivity (Wildman–Crippen MR) is 128 cm³/mol. The van der Waals surface area contributed by atoms with Crippen molar-refractivity contribution in [1.29, 1.82) is 0 Å². The second-order valence-electron chi connectivity index (χ2n) is 8.22. The first-order valence-electron chi connectivity index (χ1n) is 12.1. The quantitative estimate of drug-likeness (QED) is 0.213. The normalized spacial score (nSPS) is 12.7. The average molecular weight is 439 g/mol. The van der Waals surface area contributed by atoms with E-state index < -0.39 is 0 Å². The first-order valence-corrected chi connectivity index (χ1v) is 12.1. The molecule has 2 unspecified atom stereocenters. The Morgan fingerprint density at radius 1 is 0.594 bits per heavy atom. The van der Waals surface area contributed by atoms with Gasteiger partial charge in [-0.25, -0.2) is 0 Å². The van der Waals surface area contributed by atoms with Crippen LogP contribution < -0.4 is 0 Å². The number of benzene rings is 2. The summed E-state index contributed by atoms with van der Waals surface area (Å²) in [6.07, 6.45) is 8.03. The molecular weight excluding hydrogens is 400 g/mol. The summed E-state index contributed by atoms with van der Waals surface area (Å²) in [6.45, 7) is 4.07. The van der Waals surface area contributed by atoms with E-state index in [4.69, 9.17) is 9.47 Å². The van der Waals surface area contributed by atoms with Crippen LogP contribution in [0.4, 0.5) is 0 Å². The molecule has 0 spiro atoms. The van der Waals surface area contributed by atoms with Gasteiger partial charge in [0.05, 0.1) is 0 Å². The van der Waals surface area contributed by atoms with Crippen LogP contribution in [0.2, 0.25) is 0 Å². The lowest BCUT2D eigenvalue weighted by Gasteiger charge is -2.16. The smallest absolute Gasteiger partial charge is 0.306 e. The first-order chi connectivity index (χ1) is 15.6. The molecule has 0 radical (unpaired) electrons. The Morgan fingerprint density at radius 2 is 0.938 bits per heavy atom. The lowest BCUT2D eigenvalue weighted by Crippen LogP contribution is -2.10. The van der Waals surface area contributed by atoms with Gasteiger partial charge in [0.2, 0.25) is 0 Å². The molecule has 0 bridgehead atoms. The number of carbonyl (C=O) groups is 2. The van der Waals surface area contributed by atoms with Gasteiger partial charge in [-0.1, -0.05) is 100 Å². The van der Waals surface area contributed by atoms with Gasteiger partial charge in [0.25, 0.3) is 0 Å². The van der Waals surface area contributed by atoms with E-state index in [1.807, 2.05) is 74.5 Å². The summed E-state index contributed by atoms with van der Waals surface area (Å²) >= 11 is 0.